The lowest BCUT2D eigenvalue weighted by Crippen LogP contribution is -2.34. The van der Waals surface area contributed by atoms with E-state index in [1.807, 2.05) is 30.3 Å². The van der Waals surface area contributed by atoms with Gasteiger partial charge < -0.3 is 24.7 Å². The quantitative estimate of drug-likeness (QED) is 0.724. The van der Waals surface area contributed by atoms with Gasteiger partial charge in [-0.15, -0.1) is 5.10 Å². The van der Waals surface area contributed by atoms with Gasteiger partial charge in [0.1, 0.15) is 31.2 Å². The van der Waals surface area contributed by atoms with Gasteiger partial charge in [0, 0.05) is 5.56 Å². The fourth-order valence-corrected chi connectivity index (χ4v) is 3.33. The maximum Gasteiger partial charge on any atom is 0.311 e. The summed E-state index contributed by atoms with van der Waals surface area (Å²) < 4.78 is 25.1. The Balaban J connectivity index is 1.55. The van der Waals surface area contributed by atoms with Gasteiger partial charge in [0.05, 0.1) is 5.41 Å². The van der Waals surface area contributed by atoms with Crippen LogP contribution in [0.15, 0.2) is 36.7 Å². The van der Waals surface area contributed by atoms with E-state index in [-0.39, 0.29) is 18.4 Å². The number of fused-ring (bicyclic) bond motifs is 1. The second-order valence-corrected chi connectivity index (χ2v) is 8.27. The lowest BCUT2D eigenvalue weighted by atomic mass is 9.97. The fraction of sp³-hybridized carbons (Fsp3) is 0.500. The van der Waals surface area contributed by atoms with Crippen LogP contribution in [0.25, 0.3) is 0 Å². The molecule has 10 nitrogen and oxygen atoms in total. The van der Waals surface area contributed by atoms with Gasteiger partial charge in [0.25, 0.3) is 5.91 Å². The second-order valence-electron chi connectivity index (χ2n) is 8.27. The molecule has 0 radical (unpaired) electrons. The average Bonchev–Trinajstić information content (AvgIpc) is 3.41. The van der Waals surface area contributed by atoms with Gasteiger partial charge >= 0.3 is 5.97 Å². The molecule has 4 rings (SSSR count). The zero-order valence-corrected chi connectivity index (χ0v) is 16.9. The first-order valence-electron chi connectivity index (χ1n) is 9.63. The predicted molar refractivity (Wildman–Crippen MR) is 102 cm³/mol. The van der Waals surface area contributed by atoms with E-state index >= 15 is 0 Å². The molecular weight excluding hydrogens is 392 g/mol. The Bertz CT molecular complexity index is 925. The van der Waals surface area contributed by atoms with Crippen molar-refractivity contribution in [2.75, 3.05) is 6.61 Å². The standard InChI is InChI=1S/C20H24N4O6/c1-20(2,3)19(26)27-9-12-13-14(30-18(29-13)11-7-5-4-6-8-11)17(28-12)24-10-22-16(23-24)15(21)25/h4-8,10,12-14,17-18H,9H2,1-3H3,(H2,21,25)/t12-,13?,14?,17-,18?/m1/s1. The number of rotatable bonds is 5. The number of aromatic nitrogens is 3. The summed E-state index contributed by atoms with van der Waals surface area (Å²) in [5.41, 5.74) is 5.46. The minimum Gasteiger partial charge on any atom is -0.462 e. The predicted octanol–water partition coefficient (Wildman–Crippen LogP) is 1.35. The van der Waals surface area contributed by atoms with E-state index in [0.29, 0.717) is 0 Å². The van der Waals surface area contributed by atoms with Crippen LogP contribution in [0.2, 0.25) is 0 Å². The molecule has 1 aromatic carbocycles. The molecule has 3 heterocycles. The van der Waals surface area contributed by atoms with Crippen LogP contribution in [0, 0.1) is 5.41 Å². The number of hydrogen-bond donors (Lipinski definition) is 1. The van der Waals surface area contributed by atoms with Crippen LogP contribution in [0.5, 0.6) is 0 Å². The molecule has 160 valence electrons. The largest absolute Gasteiger partial charge is 0.462 e. The Hall–Kier alpha value is -2.82. The number of carbonyl (C=O) groups excluding carboxylic acids is 2. The van der Waals surface area contributed by atoms with Gasteiger partial charge in [0.15, 0.2) is 12.5 Å². The highest BCUT2D eigenvalue weighted by molar-refractivity contribution is 5.88. The zero-order chi connectivity index (χ0) is 21.5. The van der Waals surface area contributed by atoms with E-state index in [2.05, 4.69) is 10.1 Å². The maximum atomic E-state index is 12.2. The molecule has 1 aromatic heterocycles. The molecule has 2 aliphatic heterocycles. The summed E-state index contributed by atoms with van der Waals surface area (Å²) in [6.07, 6.45) is -1.61. The maximum absolute atomic E-state index is 12.2. The van der Waals surface area contributed by atoms with Crippen molar-refractivity contribution in [1.82, 2.24) is 14.8 Å². The molecule has 2 aromatic rings. The normalized spacial score (nSPS) is 28.3. The fourth-order valence-electron chi connectivity index (χ4n) is 3.33. The summed E-state index contributed by atoms with van der Waals surface area (Å²) in [7, 11) is 0. The average molecular weight is 416 g/mol. The number of benzene rings is 1. The van der Waals surface area contributed by atoms with Crippen LogP contribution < -0.4 is 5.73 Å². The van der Waals surface area contributed by atoms with Gasteiger partial charge in [-0.1, -0.05) is 30.3 Å². The summed E-state index contributed by atoms with van der Waals surface area (Å²) in [6.45, 7) is 5.32. The highest BCUT2D eigenvalue weighted by Gasteiger charge is 2.54. The van der Waals surface area contributed by atoms with Crippen molar-refractivity contribution in [3.8, 4) is 0 Å². The number of nitrogens with zero attached hydrogens (tertiary/aromatic N) is 3. The summed E-state index contributed by atoms with van der Waals surface area (Å²) in [6, 6.07) is 9.49. The van der Waals surface area contributed by atoms with E-state index < -0.39 is 42.2 Å². The Kier molecular flexibility index (Phi) is 5.31. The van der Waals surface area contributed by atoms with E-state index in [0.717, 1.165) is 5.56 Å². The number of nitrogens with two attached hydrogens (primary N) is 1. The van der Waals surface area contributed by atoms with Crippen molar-refractivity contribution in [2.24, 2.45) is 11.1 Å². The minimum atomic E-state index is -0.746. The van der Waals surface area contributed by atoms with Crippen LogP contribution in [0.1, 0.15) is 49.5 Å². The summed E-state index contributed by atoms with van der Waals surface area (Å²) in [5.74, 6) is -1.22. The molecule has 5 atom stereocenters. The molecule has 2 N–H and O–H groups in total. The molecule has 2 aliphatic rings. The van der Waals surface area contributed by atoms with Crippen molar-refractivity contribution in [3.05, 3.63) is 48.0 Å². The first-order chi connectivity index (χ1) is 14.2. The summed E-state index contributed by atoms with van der Waals surface area (Å²) >= 11 is 0. The number of primary amides is 1. The molecule has 0 bridgehead atoms. The third-order valence-electron chi connectivity index (χ3n) is 4.90. The molecule has 3 unspecified atom stereocenters. The van der Waals surface area contributed by atoms with E-state index in [9.17, 15) is 9.59 Å². The van der Waals surface area contributed by atoms with Crippen molar-refractivity contribution in [2.45, 2.75) is 51.6 Å². The SMILES string of the molecule is CC(C)(C)C(=O)OC[C@H]1O[C@@H](n2cnc(C(N)=O)n2)C2OC(c3ccccc3)OC21. The molecular formula is C20H24N4O6. The smallest absolute Gasteiger partial charge is 0.311 e. The highest BCUT2D eigenvalue weighted by atomic mass is 16.8. The van der Waals surface area contributed by atoms with E-state index in [1.54, 1.807) is 20.8 Å². The second kappa shape index (κ2) is 7.78. The first-order valence-corrected chi connectivity index (χ1v) is 9.63. The summed E-state index contributed by atoms with van der Waals surface area (Å²) in [4.78, 5) is 27.5. The Morgan fingerprint density at radius 3 is 2.47 bits per heavy atom. The first kappa shape index (κ1) is 20.5. The Labute approximate surface area is 173 Å². The van der Waals surface area contributed by atoms with Crippen LogP contribution in [-0.4, -0.2) is 51.6 Å². The number of esters is 1. The van der Waals surface area contributed by atoms with Crippen molar-refractivity contribution >= 4 is 11.9 Å². The number of amides is 1. The molecule has 1 amide bonds. The third kappa shape index (κ3) is 3.93. The molecule has 30 heavy (non-hydrogen) atoms. The van der Waals surface area contributed by atoms with Gasteiger partial charge in [-0.2, -0.15) is 0 Å². The molecule has 0 spiro atoms. The Morgan fingerprint density at radius 2 is 1.83 bits per heavy atom. The van der Waals surface area contributed by atoms with Gasteiger partial charge in [-0.25, -0.2) is 9.67 Å². The van der Waals surface area contributed by atoms with Crippen LogP contribution in [-0.2, 0) is 23.7 Å². The monoisotopic (exact) mass is 416 g/mol. The molecule has 0 saturated carbocycles. The molecule has 0 aliphatic carbocycles. The lowest BCUT2D eigenvalue weighted by Gasteiger charge is -2.22. The van der Waals surface area contributed by atoms with Crippen LogP contribution >= 0.6 is 0 Å². The van der Waals surface area contributed by atoms with Crippen molar-refractivity contribution in [3.63, 3.8) is 0 Å². The van der Waals surface area contributed by atoms with E-state index in [1.165, 1.54) is 11.0 Å². The van der Waals surface area contributed by atoms with Crippen molar-refractivity contribution in [1.29, 1.82) is 0 Å². The number of carbonyl (C=O) groups is 2. The van der Waals surface area contributed by atoms with Gasteiger partial charge in [0.2, 0.25) is 5.82 Å². The minimum absolute atomic E-state index is 0.00395. The lowest BCUT2D eigenvalue weighted by molar-refractivity contribution is -0.173. The topological polar surface area (TPSA) is 128 Å². The molecule has 2 fully saturated rings. The van der Waals surface area contributed by atoms with Crippen LogP contribution in [0.3, 0.4) is 0 Å². The van der Waals surface area contributed by atoms with Crippen molar-refractivity contribution < 1.29 is 28.5 Å². The van der Waals surface area contributed by atoms with Crippen LogP contribution in [0.4, 0.5) is 0 Å². The zero-order valence-electron chi connectivity index (χ0n) is 16.9. The number of ether oxygens (including phenoxy) is 4. The highest BCUT2D eigenvalue weighted by Crippen LogP contribution is 2.44. The third-order valence-corrected chi connectivity index (χ3v) is 4.90. The molecule has 2 saturated heterocycles. The number of hydrogen-bond acceptors (Lipinski definition) is 8. The Morgan fingerprint density at radius 1 is 1.13 bits per heavy atom. The molecule has 10 heteroatoms. The summed E-state index contributed by atoms with van der Waals surface area (Å²) in [5, 5.41) is 4.08. The van der Waals surface area contributed by atoms with Gasteiger partial charge in [-0.05, 0) is 20.8 Å². The van der Waals surface area contributed by atoms with E-state index in [4.69, 9.17) is 24.7 Å². The van der Waals surface area contributed by atoms with Gasteiger partial charge in [-0.3, -0.25) is 9.59 Å².